The third kappa shape index (κ3) is 2.99. The number of benzene rings is 1. The molecule has 0 aliphatic heterocycles. The monoisotopic (exact) mass is 222 g/mol. The summed E-state index contributed by atoms with van der Waals surface area (Å²) in [5.41, 5.74) is 0.771. The molecule has 0 saturated heterocycles. The SMILES string of the molecule is CSCC(=O)c1ccc(OC2CC2)cc1. The molecule has 1 fully saturated rings. The molecule has 0 spiro atoms. The zero-order valence-electron chi connectivity index (χ0n) is 8.73. The van der Waals surface area contributed by atoms with E-state index in [1.807, 2.05) is 30.5 Å². The van der Waals surface area contributed by atoms with E-state index in [1.54, 1.807) is 11.8 Å². The predicted octanol–water partition coefficient (Wildman–Crippen LogP) is 2.77. The van der Waals surface area contributed by atoms with Gasteiger partial charge >= 0.3 is 0 Å². The number of rotatable bonds is 5. The minimum Gasteiger partial charge on any atom is -0.490 e. The van der Waals surface area contributed by atoms with Crippen molar-refractivity contribution in [1.29, 1.82) is 0 Å². The van der Waals surface area contributed by atoms with Gasteiger partial charge in [-0.05, 0) is 43.4 Å². The highest BCUT2D eigenvalue weighted by Gasteiger charge is 2.23. The summed E-state index contributed by atoms with van der Waals surface area (Å²) in [5, 5.41) is 0. The molecule has 80 valence electrons. The van der Waals surface area contributed by atoms with Crippen LogP contribution in [0.1, 0.15) is 23.2 Å². The number of Topliss-reactive ketones (excluding diaryl/α,β-unsaturated/α-hetero) is 1. The summed E-state index contributed by atoms with van der Waals surface area (Å²) in [6.07, 6.45) is 4.67. The fraction of sp³-hybridized carbons (Fsp3) is 0.417. The van der Waals surface area contributed by atoms with Crippen molar-refractivity contribution < 1.29 is 9.53 Å². The second kappa shape index (κ2) is 4.71. The Labute approximate surface area is 94.0 Å². The van der Waals surface area contributed by atoms with Crippen molar-refractivity contribution in [3.63, 3.8) is 0 Å². The average Bonchev–Trinajstić information content (AvgIpc) is 3.03. The molecule has 2 rings (SSSR count). The highest BCUT2D eigenvalue weighted by molar-refractivity contribution is 7.99. The Morgan fingerprint density at radius 1 is 1.40 bits per heavy atom. The van der Waals surface area contributed by atoms with Crippen LogP contribution in [0.3, 0.4) is 0 Å². The largest absolute Gasteiger partial charge is 0.490 e. The maximum Gasteiger partial charge on any atom is 0.172 e. The van der Waals surface area contributed by atoms with Gasteiger partial charge in [0.05, 0.1) is 11.9 Å². The second-order valence-electron chi connectivity index (χ2n) is 3.70. The Morgan fingerprint density at radius 3 is 2.60 bits per heavy atom. The van der Waals surface area contributed by atoms with Crippen LogP contribution in [0, 0.1) is 0 Å². The van der Waals surface area contributed by atoms with Gasteiger partial charge in [0.15, 0.2) is 5.78 Å². The number of ether oxygens (including phenoxy) is 1. The summed E-state index contributed by atoms with van der Waals surface area (Å²) in [4.78, 5) is 11.5. The first-order valence-electron chi connectivity index (χ1n) is 5.08. The Balaban J connectivity index is 1.99. The lowest BCUT2D eigenvalue weighted by atomic mass is 10.1. The van der Waals surface area contributed by atoms with E-state index in [0.717, 1.165) is 24.2 Å². The Morgan fingerprint density at radius 2 is 2.07 bits per heavy atom. The number of hydrogen-bond acceptors (Lipinski definition) is 3. The molecule has 3 heteroatoms. The lowest BCUT2D eigenvalue weighted by Crippen LogP contribution is -2.02. The van der Waals surface area contributed by atoms with Crippen LogP contribution in [-0.4, -0.2) is 23.9 Å². The Hall–Kier alpha value is -0.960. The van der Waals surface area contributed by atoms with Gasteiger partial charge < -0.3 is 4.74 Å². The van der Waals surface area contributed by atoms with Gasteiger partial charge in [0, 0.05) is 5.56 Å². The van der Waals surface area contributed by atoms with Crippen molar-refractivity contribution in [2.45, 2.75) is 18.9 Å². The molecule has 1 aliphatic rings. The summed E-state index contributed by atoms with van der Waals surface area (Å²) in [7, 11) is 0. The van der Waals surface area contributed by atoms with Gasteiger partial charge in [-0.1, -0.05) is 0 Å². The smallest absolute Gasteiger partial charge is 0.172 e. The van der Waals surface area contributed by atoms with Crippen molar-refractivity contribution in [1.82, 2.24) is 0 Å². The van der Waals surface area contributed by atoms with Crippen molar-refractivity contribution in [3.05, 3.63) is 29.8 Å². The minimum atomic E-state index is 0.181. The van der Waals surface area contributed by atoms with Crippen LogP contribution in [-0.2, 0) is 0 Å². The summed E-state index contributed by atoms with van der Waals surface area (Å²) in [6.45, 7) is 0. The summed E-state index contributed by atoms with van der Waals surface area (Å²) < 4.78 is 5.60. The summed E-state index contributed by atoms with van der Waals surface area (Å²) in [5.74, 6) is 1.60. The highest BCUT2D eigenvalue weighted by atomic mass is 32.2. The van der Waals surface area contributed by atoms with Crippen LogP contribution >= 0.6 is 11.8 Å². The maximum atomic E-state index is 11.5. The second-order valence-corrected chi connectivity index (χ2v) is 4.56. The molecule has 15 heavy (non-hydrogen) atoms. The molecule has 0 bridgehead atoms. The quantitative estimate of drug-likeness (QED) is 0.717. The Bertz CT molecular complexity index is 341. The normalized spacial score (nSPS) is 15.0. The van der Waals surface area contributed by atoms with Crippen molar-refractivity contribution >= 4 is 17.5 Å². The van der Waals surface area contributed by atoms with Crippen LogP contribution in [0.15, 0.2) is 24.3 Å². The number of carbonyl (C=O) groups is 1. The molecule has 2 nitrogen and oxygen atoms in total. The van der Waals surface area contributed by atoms with Gasteiger partial charge in [-0.3, -0.25) is 4.79 Å². The van der Waals surface area contributed by atoms with E-state index in [1.165, 1.54) is 0 Å². The van der Waals surface area contributed by atoms with Gasteiger partial charge in [0.2, 0.25) is 0 Å². The number of thioether (sulfide) groups is 1. The first kappa shape index (κ1) is 10.6. The van der Waals surface area contributed by atoms with E-state index in [9.17, 15) is 4.79 Å². The maximum absolute atomic E-state index is 11.5. The van der Waals surface area contributed by atoms with E-state index in [0.29, 0.717) is 11.9 Å². The first-order valence-corrected chi connectivity index (χ1v) is 6.48. The third-order valence-corrected chi connectivity index (χ3v) is 2.83. The first-order chi connectivity index (χ1) is 7.29. The van der Waals surface area contributed by atoms with Crippen LogP contribution < -0.4 is 4.74 Å². The van der Waals surface area contributed by atoms with E-state index >= 15 is 0 Å². The van der Waals surface area contributed by atoms with Crippen LogP contribution in [0.2, 0.25) is 0 Å². The molecule has 0 aromatic heterocycles. The summed E-state index contributed by atoms with van der Waals surface area (Å²) >= 11 is 1.55. The topological polar surface area (TPSA) is 26.3 Å². The Kier molecular flexibility index (Phi) is 3.31. The summed E-state index contributed by atoms with van der Waals surface area (Å²) in [6, 6.07) is 7.45. The van der Waals surface area contributed by atoms with E-state index < -0.39 is 0 Å². The molecule has 0 N–H and O–H groups in total. The van der Waals surface area contributed by atoms with Crippen molar-refractivity contribution in [2.75, 3.05) is 12.0 Å². The van der Waals surface area contributed by atoms with Crippen LogP contribution in [0.5, 0.6) is 5.75 Å². The molecule has 0 amide bonds. The zero-order valence-corrected chi connectivity index (χ0v) is 9.55. The average molecular weight is 222 g/mol. The predicted molar refractivity (Wildman–Crippen MR) is 62.8 cm³/mol. The lowest BCUT2D eigenvalue weighted by molar-refractivity contribution is 0.102. The molecule has 1 aliphatic carbocycles. The van der Waals surface area contributed by atoms with Gasteiger partial charge in [-0.25, -0.2) is 0 Å². The number of ketones is 1. The molecule has 1 saturated carbocycles. The van der Waals surface area contributed by atoms with Gasteiger partial charge in [-0.2, -0.15) is 11.8 Å². The van der Waals surface area contributed by atoms with Crippen LogP contribution in [0.4, 0.5) is 0 Å². The molecular formula is C12H14O2S. The molecule has 1 aromatic rings. The van der Waals surface area contributed by atoms with Gasteiger partial charge in [-0.15, -0.1) is 0 Å². The minimum absolute atomic E-state index is 0.181. The molecule has 0 atom stereocenters. The van der Waals surface area contributed by atoms with E-state index in [2.05, 4.69) is 0 Å². The fourth-order valence-electron chi connectivity index (χ4n) is 1.31. The standard InChI is InChI=1S/C12H14O2S/c1-15-8-12(13)9-2-4-10(5-3-9)14-11-6-7-11/h2-5,11H,6-8H2,1H3. The lowest BCUT2D eigenvalue weighted by Gasteiger charge is -2.04. The number of carbonyl (C=O) groups excluding carboxylic acids is 1. The third-order valence-electron chi connectivity index (χ3n) is 2.28. The number of hydrogen-bond donors (Lipinski definition) is 0. The fourth-order valence-corrected chi connectivity index (χ4v) is 1.74. The molecule has 0 radical (unpaired) electrons. The van der Waals surface area contributed by atoms with Gasteiger partial charge in [0.1, 0.15) is 5.75 Å². The van der Waals surface area contributed by atoms with Crippen molar-refractivity contribution in [2.24, 2.45) is 0 Å². The van der Waals surface area contributed by atoms with E-state index in [4.69, 9.17) is 4.74 Å². The molecule has 1 aromatic carbocycles. The zero-order chi connectivity index (χ0) is 10.7. The molecular weight excluding hydrogens is 208 g/mol. The van der Waals surface area contributed by atoms with Crippen molar-refractivity contribution in [3.8, 4) is 5.75 Å². The van der Waals surface area contributed by atoms with Gasteiger partial charge in [0.25, 0.3) is 0 Å². The molecule has 0 heterocycles. The van der Waals surface area contributed by atoms with E-state index in [-0.39, 0.29) is 5.78 Å². The molecule has 0 unspecified atom stereocenters. The van der Waals surface area contributed by atoms with Crippen LogP contribution in [0.25, 0.3) is 0 Å². The highest BCUT2D eigenvalue weighted by Crippen LogP contribution is 2.26.